The van der Waals surface area contributed by atoms with Crippen molar-refractivity contribution >= 4 is 0 Å². The summed E-state index contributed by atoms with van der Waals surface area (Å²) >= 11 is 0. The van der Waals surface area contributed by atoms with Crippen molar-refractivity contribution in [3.63, 3.8) is 0 Å². The second-order valence-electron chi connectivity index (χ2n) is 6.94. The normalized spacial score (nSPS) is 17.5. The summed E-state index contributed by atoms with van der Waals surface area (Å²) in [7, 11) is 0. The van der Waals surface area contributed by atoms with Gasteiger partial charge in [-0.05, 0) is 46.0 Å². The van der Waals surface area contributed by atoms with Crippen molar-refractivity contribution in [3.05, 3.63) is 0 Å². The monoisotopic (exact) mass is 272 g/mol. The first-order valence-electron chi connectivity index (χ1n) is 8.05. The van der Waals surface area contributed by atoms with Gasteiger partial charge >= 0.3 is 0 Å². The fraction of sp³-hybridized carbons (Fsp3) is 1.00. The van der Waals surface area contributed by atoms with E-state index in [1.165, 1.54) is 6.42 Å². The molecule has 0 saturated heterocycles. The molecule has 0 amide bonds. The van der Waals surface area contributed by atoms with Crippen LogP contribution in [0.25, 0.3) is 0 Å². The largest absolute Gasteiger partial charge is 0.349 e. The van der Waals surface area contributed by atoms with Crippen LogP contribution in [0.3, 0.4) is 0 Å². The van der Waals surface area contributed by atoms with E-state index in [0.717, 1.165) is 19.3 Å². The van der Waals surface area contributed by atoms with Crippen LogP contribution in [0.4, 0.5) is 0 Å². The topological polar surface area (TPSA) is 18.5 Å². The lowest BCUT2D eigenvalue weighted by molar-refractivity contribution is -0.241. The first-order valence-corrected chi connectivity index (χ1v) is 8.05. The molecule has 0 rings (SSSR count). The van der Waals surface area contributed by atoms with Gasteiger partial charge in [-0.15, -0.1) is 0 Å². The molecule has 0 aromatic heterocycles. The summed E-state index contributed by atoms with van der Waals surface area (Å²) in [6.07, 6.45) is 4.60. The maximum absolute atomic E-state index is 6.23. The lowest BCUT2D eigenvalue weighted by Gasteiger charge is -2.35. The van der Waals surface area contributed by atoms with Crippen LogP contribution >= 0.6 is 0 Å². The van der Waals surface area contributed by atoms with Crippen LogP contribution in [-0.4, -0.2) is 18.0 Å². The van der Waals surface area contributed by atoms with Gasteiger partial charge in [0.25, 0.3) is 0 Å². The van der Waals surface area contributed by atoms with Gasteiger partial charge in [-0.3, -0.25) is 0 Å². The second-order valence-corrected chi connectivity index (χ2v) is 6.94. The molecule has 3 unspecified atom stereocenters. The summed E-state index contributed by atoms with van der Waals surface area (Å²) in [6.45, 7) is 17.6. The third-order valence-electron chi connectivity index (χ3n) is 3.67. The summed E-state index contributed by atoms with van der Waals surface area (Å²) in [5.74, 6) is 1.11. The number of ether oxygens (including phenoxy) is 2. The molecule has 19 heavy (non-hydrogen) atoms. The fourth-order valence-corrected chi connectivity index (χ4v) is 2.22. The summed E-state index contributed by atoms with van der Waals surface area (Å²) in [5, 5.41) is 0. The molecule has 0 aliphatic heterocycles. The van der Waals surface area contributed by atoms with Gasteiger partial charge in [-0.1, -0.05) is 41.0 Å². The van der Waals surface area contributed by atoms with Gasteiger partial charge in [0, 0.05) is 5.92 Å². The third kappa shape index (κ3) is 8.65. The Morgan fingerprint density at radius 2 is 1.58 bits per heavy atom. The fourth-order valence-electron chi connectivity index (χ4n) is 2.22. The molecule has 0 aromatic rings. The number of hydrogen-bond acceptors (Lipinski definition) is 2. The first kappa shape index (κ1) is 18.9. The van der Waals surface area contributed by atoms with E-state index in [1.807, 2.05) is 0 Å². The molecule has 0 spiro atoms. The smallest absolute Gasteiger partial charge is 0.161 e. The summed E-state index contributed by atoms with van der Waals surface area (Å²) in [5.41, 5.74) is -0.107. The average Bonchev–Trinajstić information content (AvgIpc) is 2.27. The van der Waals surface area contributed by atoms with E-state index in [1.54, 1.807) is 0 Å². The Bertz CT molecular complexity index is 223. The first-order chi connectivity index (χ1) is 8.71. The molecule has 0 aliphatic rings. The highest BCUT2D eigenvalue weighted by atomic mass is 16.7. The predicted molar refractivity (Wildman–Crippen MR) is 83.3 cm³/mol. The van der Waals surface area contributed by atoms with E-state index in [2.05, 4.69) is 55.4 Å². The molecule has 0 N–H and O–H groups in total. The van der Waals surface area contributed by atoms with Crippen LogP contribution in [-0.2, 0) is 9.47 Å². The van der Waals surface area contributed by atoms with Gasteiger partial charge in [0.05, 0.1) is 11.7 Å². The van der Waals surface area contributed by atoms with Crippen molar-refractivity contribution < 1.29 is 9.47 Å². The van der Waals surface area contributed by atoms with E-state index >= 15 is 0 Å². The average molecular weight is 272 g/mol. The molecule has 0 bridgehead atoms. The molecular weight excluding hydrogens is 236 g/mol. The molecule has 2 nitrogen and oxygen atoms in total. The van der Waals surface area contributed by atoms with Crippen molar-refractivity contribution in [1.29, 1.82) is 0 Å². The van der Waals surface area contributed by atoms with Crippen molar-refractivity contribution in [2.24, 2.45) is 11.8 Å². The quantitative estimate of drug-likeness (QED) is 0.495. The van der Waals surface area contributed by atoms with Crippen molar-refractivity contribution in [2.45, 2.75) is 99.1 Å². The SMILES string of the molecule is CCCC(C)C(OC(C)CC(C)C)OC(C)(C)CC. The number of rotatable bonds is 10. The molecule has 0 radical (unpaired) electrons. The molecule has 0 aromatic carbocycles. The van der Waals surface area contributed by atoms with Gasteiger partial charge in [-0.25, -0.2) is 0 Å². The lowest BCUT2D eigenvalue weighted by atomic mass is 10.0. The van der Waals surface area contributed by atoms with Gasteiger partial charge < -0.3 is 9.47 Å². The van der Waals surface area contributed by atoms with Crippen LogP contribution in [0.1, 0.15) is 81.1 Å². The standard InChI is InChI=1S/C17H36O2/c1-9-11-14(5)16(19-17(7,8)10-2)18-15(6)12-13(3)4/h13-16H,9-12H2,1-8H3. The molecule has 3 atom stereocenters. The van der Waals surface area contributed by atoms with Crippen molar-refractivity contribution in [1.82, 2.24) is 0 Å². The van der Waals surface area contributed by atoms with Crippen LogP contribution in [0.2, 0.25) is 0 Å². The highest BCUT2D eigenvalue weighted by Crippen LogP contribution is 2.25. The van der Waals surface area contributed by atoms with E-state index in [-0.39, 0.29) is 18.0 Å². The zero-order valence-corrected chi connectivity index (χ0v) is 14.5. The highest BCUT2D eigenvalue weighted by molar-refractivity contribution is 4.70. The minimum Gasteiger partial charge on any atom is -0.349 e. The van der Waals surface area contributed by atoms with Crippen LogP contribution in [0, 0.1) is 11.8 Å². The van der Waals surface area contributed by atoms with E-state index in [4.69, 9.17) is 9.47 Å². The van der Waals surface area contributed by atoms with Gasteiger partial charge in [-0.2, -0.15) is 0 Å². The van der Waals surface area contributed by atoms with Crippen LogP contribution < -0.4 is 0 Å². The Balaban J connectivity index is 4.58. The zero-order chi connectivity index (χ0) is 15.1. The maximum Gasteiger partial charge on any atom is 0.161 e. The molecule has 2 heteroatoms. The number of hydrogen-bond donors (Lipinski definition) is 0. The Kier molecular flexibility index (Phi) is 8.93. The van der Waals surface area contributed by atoms with Crippen LogP contribution in [0.5, 0.6) is 0 Å². The minimum absolute atomic E-state index is 0.0800. The minimum atomic E-state index is -0.107. The summed E-state index contributed by atoms with van der Waals surface area (Å²) < 4.78 is 12.4. The van der Waals surface area contributed by atoms with Crippen molar-refractivity contribution in [3.8, 4) is 0 Å². The summed E-state index contributed by atoms with van der Waals surface area (Å²) in [6, 6.07) is 0. The molecule has 116 valence electrons. The van der Waals surface area contributed by atoms with E-state index < -0.39 is 0 Å². The zero-order valence-electron chi connectivity index (χ0n) is 14.5. The van der Waals surface area contributed by atoms with Gasteiger partial charge in [0.15, 0.2) is 6.29 Å². The Labute approximate surface area is 121 Å². The third-order valence-corrected chi connectivity index (χ3v) is 3.67. The molecule has 0 heterocycles. The second kappa shape index (κ2) is 8.97. The molecule has 0 saturated carbocycles. The van der Waals surface area contributed by atoms with E-state index in [9.17, 15) is 0 Å². The van der Waals surface area contributed by atoms with Crippen molar-refractivity contribution in [2.75, 3.05) is 0 Å². The summed E-state index contributed by atoms with van der Waals surface area (Å²) in [4.78, 5) is 0. The van der Waals surface area contributed by atoms with Gasteiger partial charge in [0.1, 0.15) is 0 Å². The maximum atomic E-state index is 6.23. The predicted octanol–water partition coefficient (Wildman–Crippen LogP) is 5.41. The Morgan fingerprint density at radius 1 is 1.00 bits per heavy atom. The van der Waals surface area contributed by atoms with E-state index in [0.29, 0.717) is 11.8 Å². The molecule has 0 fully saturated rings. The van der Waals surface area contributed by atoms with Crippen LogP contribution in [0.15, 0.2) is 0 Å². The Morgan fingerprint density at radius 3 is 2.00 bits per heavy atom. The lowest BCUT2D eigenvalue weighted by Crippen LogP contribution is -2.37. The Hall–Kier alpha value is -0.0800. The molecule has 0 aliphatic carbocycles. The highest BCUT2D eigenvalue weighted by Gasteiger charge is 2.28. The van der Waals surface area contributed by atoms with Gasteiger partial charge in [0.2, 0.25) is 0 Å². The molecular formula is C17H36O2.